The van der Waals surface area contributed by atoms with Gasteiger partial charge in [-0.05, 0) is 38.5 Å². The van der Waals surface area contributed by atoms with Crippen molar-refractivity contribution in [2.45, 2.75) is 52.3 Å². The van der Waals surface area contributed by atoms with Crippen LogP contribution < -0.4 is 5.32 Å². The lowest BCUT2D eigenvalue weighted by molar-refractivity contribution is -0.124. The molecule has 1 atom stereocenters. The molecule has 1 aliphatic rings. The number of pyridine rings is 1. The minimum Gasteiger partial charge on any atom is -0.465 e. The van der Waals surface area contributed by atoms with Crippen LogP contribution in [0, 0.1) is 0 Å². The van der Waals surface area contributed by atoms with Crippen molar-refractivity contribution >= 4 is 34.4 Å². The van der Waals surface area contributed by atoms with Crippen LogP contribution in [0.3, 0.4) is 0 Å². The van der Waals surface area contributed by atoms with Gasteiger partial charge in [0, 0.05) is 42.2 Å². The van der Waals surface area contributed by atoms with Crippen LogP contribution in [0.25, 0.3) is 10.9 Å². The highest BCUT2D eigenvalue weighted by molar-refractivity contribution is 6.07. The number of carbonyl (C=O) groups is 3. The zero-order valence-electron chi connectivity index (χ0n) is 21.0. The number of hydrogen-bond acceptors (Lipinski definition) is 7. The number of rotatable bonds is 7. The molecule has 0 fully saturated rings. The Hall–Kier alpha value is -3.78. The highest BCUT2D eigenvalue weighted by Crippen LogP contribution is 2.30. The van der Waals surface area contributed by atoms with Crippen molar-refractivity contribution in [3.8, 4) is 0 Å². The van der Waals surface area contributed by atoms with E-state index in [-0.39, 0.29) is 12.0 Å². The first-order valence-corrected chi connectivity index (χ1v) is 12.2. The number of hydrogen-bond donors (Lipinski definition) is 1. The quantitative estimate of drug-likeness (QED) is 0.493. The third kappa shape index (κ3) is 5.09. The van der Waals surface area contributed by atoms with E-state index in [9.17, 15) is 14.4 Å². The van der Waals surface area contributed by atoms with Crippen molar-refractivity contribution in [3.63, 3.8) is 0 Å². The van der Waals surface area contributed by atoms with Gasteiger partial charge in [0.25, 0.3) is 5.91 Å². The average molecular weight is 490 g/mol. The Morgan fingerprint density at radius 1 is 1.06 bits per heavy atom. The molecule has 1 N–H and O–H groups in total. The monoisotopic (exact) mass is 489 g/mol. The molecule has 8 nitrogen and oxygen atoms in total. The molecule has 1 aliphatic heterocycles. The maximum absolute atomic E-state index is 13.6. The van der Waals surface area contributed by atoms with Crippen LogP contribution >= 0.6 is 0 Å². The molecule has 0 saturated heterocycles. The highest BCUT2D eigenvalue weighted by atomic mass is 16.5. The summed E-state index contributed by atoms with van der Waals surface area (Å²) in [5, 5.41) is 3.42. The molecule has 188 valence electrons. The molecule has 3 aromatic rings. The Morgan fingerprint density at radius 3 is 2.50 bits per heavy atom. The van der Waals surface area contributed by atoms with E-state index in [0.717, 1.165) is 29.7 Å². The maximum Gasteiger partial charge on any atom is 0.340 e. The number of nitrogens with zero attached hydrogens (tertiary/aromatic N) is 2. The molecule has 0 spiro atoms. The number of fused-ring (bicyclic) bond motifs is 2. The lowest BCUT2D eigenvalue weighted by Crippen LogP contribution is -2.38. The van der Waals surface area contributed by atoms with E-state index in [1.807, 2.05) is 24.3 Å². The van der Waals surface area contributed by atoms with Crippen LogP contribution in [0.1, 0.15) is 59.2 Å². The van der Waals surface area contributed by atoms with Crippen molar-refractivity contribution in [1.29, 1.82) is 0 Å². The van der Waals surface area contributed by atoms with Gasteiger partial charge in [0.15, 0.2) is 6.10 Å². The van der Waals surface area contributed by atoms with E-state index in [1.165, 1.54) is 7.11 Å². The molecular formula is C28H31N3O5. The highest BCUT2D eigenvalue weighted by Gasteiger charge is 2.30. The molecule has 4 rings (SSSR count). The minimum atomic E-state index is -1.05. The van der Waals surface area contributed by atoms with Gasteiger partial charge in [-0.25, -0.2) is 9.59 Å². The molecule has 1 amide bonds. The molecule has 8 heteroatoms. The average Bonchev–Trinajstić information content (AvgIpc) is 2.89. The number of anilines is 1. The number of ether oxygens (including phenoxy) is 2. The first kappa shape index (κ1) is 25.3. The summed E-state index contributed by atoms with van der Waals surface area (Å²) in [5.41, 5.74) is 3.44. The SMILES string of the molecule is CCC(OC(=O)c1c2c(nc3ccccc13)CCN(C(C)C)C2)C(=O)Nc1ccccc1C(=O)OC. The lowest BCUT2D eigenvalue weighted by atomic mass is 9.95. The van der Waals surface area contributed by atoms with Gasteiger partial charge in [-0.2, -0.15) is 0 Å². The van der Waals surface area contributed by atoms with Gasteiger partial charge in [-0.1, -0.05) is 37.3 Å². The first-order valence-electron chi connectivity index (χ1n) is 12.2. The van der Waals surface area contributed by atoms with Gasteiger partial charge >= 0.3 is 11.9 Å². The topological polar surface area (TPSA) is 97.8 Å². The van der Waals surface area contributed by atoms with Gasteiger partial charge in [0.05, 0.1) is 29.4 Å². The van der Waals surface area contributed by atoms with Gasteiger partial charge in [0.1, 0.15) is 0 Å². The van der Waals surface area contributed by atoms with Crippen LogP contribution in [0.15, 0.2) is 48.5 Å². The summed E-state index contributed by atoms with van der Waals surface area (Å²) in [6.07, 6.45) is -0.0439. The summed E-state index contributed by atoms with van der Waals surface area (Å²) < 4.78 is 10.6. The number of esters is 2. The van der Waals surface area contributed by atoms with Crippen molar-refractivity contribution in [2.75, 3.05) is 19.0 Å². The molecular weight excluding hydrogens is 458 g/mol. The second kappa shape index (κ2) is 10.9. The minimum absolute atomic E-state index is 0.220. The second-order valence-electron chi connectivity index (χ2n) is 9.07. The van der Waals surface area contributed by atoms with Crippen molar-refractivity contribution in [3.05, 3.63) is 70.9 Å². The fourth-order valence-corrected chi connectivity index (χ4v) is 4.49. The Morgan fingerprint density at radius 2 is 1.78 bits per heavy atom. The summed E-state index contributed by atoms with van der Waals surface area (Å²) >= 11 is 0. The van der Waals surface area contributed by atoms with Crippen molar-refractivity contribution in [2.24, 2.45) is 0 Å². The molecule has 2 aromatic carbocycles. The van der Waals surface area contributed by atoms with Crippen LogP contribution in [-0.4, -0.2) is 53.5 Å². The van der Waals surface area contributed by atoms with Gasteiger partial charge in [-0.15, -0.1) is 0 Å². The van der Waals surface area contributed by atoms with Crippen LogP contribution in [0.4, 0.5) is 5.69 Å². The van der Waals surface area contributed by atoms with Crippen LogP contribution in [-0.2, 0) is 27.2 Å². The Kier molecular flexibility index (Phi) is 7.64. The van der Waals surface area contributed by atoms with Crippen molar-refractivity contribution < 1.29 is 23.9 Å². The summed E-state index contributed by atoms with van der Waals surface area (Å²) in [6.45, 7) is 7.47. The zero-order chi connectivity index (χ0) is 25.8. The molecule has 1 aromatic heterocycles. The van der Waals surface area contributed by atoms with Gasteiger partial charge in [0.2, 0.25) is 0 Å². The van der Waals surface area contributed by atoms with Gasteiger partial charge < -0.3 is 14.8 Å². The predicted molar refractivity (Wildman–Crippen MR) is 137 cm³/mol. The number of carbonyl (C=O) groups excluding carboxylic acids is 3. The molecule has 36 heavy (non-hydrogen) atoms. The van der Waals surface area contributed by atoms with Crippen molar-refractivity contribution in [1.82, 2.24) is 9.88 Å². The van der Waals surface area contributed by atoms with E-state index in [2.05, 4.69) is 24.1 Å². The van der Waals surface area contributed by atoms with E-state index in [0.29, 0.717) is 29.2 Å². The third-order valence-electron chi connectivity index (χ3n) is 6.51. The zero-order valence-corrected chi connectivity index (χ0v) is 21.0. The predicted octanol–water partition coefficient (Wildman–Crippen LogP) is 4.36. The molecule has 0 saturated carbocycles. The molecule has 1 unspecified atom stereocenters. The summed E-state index contributed by atoms with van der Waals surface area (Å²) in [7, 11) is 1.28. The third-order valence-corrected chi connectivity index (χ3v) is 6.51. The first-order chi connectivity index (χ1) is 17.3. The Labute approximate surface area is 210 Å². The molecule has 2 heterocycles. The Bertz CT molecular complexity index is 1300. The number of aromatic nitrogens is 1. The van der Waals surface area contributed by atoms with E-state index < -0.39 is 23.9 Å². The van der Waals surface area contributed by atoms with Crippen LogP contribution in [0.5, 0.6) is 0 Å². The molecule has 0 bridgehead atoms. The largest absolute Gasteiger partial charge is 0.465 e. The number of methoxy groups -OCH3 is 1. The van der Waals surface area contributed by atoms with E-state index in [4.69, 9.17) is 14.5 Å². The second-order valence-corrected chi connectivity index (χ2v) is 9.07. The normalized spacial score (nSPS) is 14.2. The lowest BCUT2D eigenvalue weighted by Gasteiger charge is -2.32. The van der Waals surface area contributed by atoms with Crippen LogP contribution in [0.2, 0.25) is 0 Å². The van der Waals surface area contributed by atoms with Gasteiger partial charge in [-0.3, -0.25) is 14.7 Å². The number of amides is 1. The van der Waals surface area contributed by atoms with E-state index in [1.54, 1.807) is 31.2 Å². The summed E-state index contributed by atoms with van der Waals surface area (Å²) in [6, 6.07) is 14.4. The number of para-hydroxylation sites is 2. The molecule has 0 aliphatic carbocycles. The maximum atomic E-state index is 13.6. The standard InChI is InChI=1S/C28H31N3O5/c1-5-24(26(32)30-22-13-9-7-11-19(22)27(33)35-4)36-28(34)25-18-10-6-8-12-21(18)29-23-14-15-31(17(2)3)16-20(23)25/h6-13,17,24H,5,14-16H2,1-4H3,(H,30,32). The number of benzene rings is 2. The smallest absolute Gasteiger partial charge is 0.340 e. The number of nitrogens with one attached hydrogen (secondary N) is 1. The fraction of sp³-hybridized carbons (Fsp3) is 0.357. The molecule has 0 radical (unpaired) electrons. The fourth-order valence-electron chi connectivity index (χ4n) is 4.49. The Balaban J connectivity index is 1.64. The summed E-state index contributed by atoms with van der Waals surface area (Å²) in [4.78, 5) is 45.9. The summed E-state index contributed by atoms with van der Waals surface area (Å²) in [5.74, 6) is -1.64. The van der Waals surface area contributed by atoms with E-state index >= 15 is 0 Å².